The molecule has 0 saturated carbocycles. The van der Waals surface area contributed by atoms with Crippen LogP contribution in [0.1, 0.15) is 11.1 Å². The van der Waals surface area contributed by atoms with Gasteiger partial charge in [-0.2, -0.15) is 0 Å². The largest absolute Gasteiger partial charge is 0.361 e. The van der Waals surface area contributed by atoms with E-state index >= 15 is 0 Å². The predicted molar refractivity (Wildman–Crippen MR) is 98.4 cm³/mol. The molecule has 0 radical (unpaired) electrons. The first-order chi connectivity index (χ1) is 12.5. The van der Waals surface area contributed by atoms with Crippen molar-refractivity contribution in [2.45, 2.75) is 19.4 Å². The highest BCUT2D eigenvalue weighted by Crippen LogP contribution is 2.23. The molecule has 1 aliphatic heterocycles. The molecule has 134 valence electrons. The van der Waals surface area contributed by atoms with Gasteiger partial charge in [-0.1, -0.05) is 48.0 Å². The molecule has 1 heterocycles. The Bertz CT molecular complexity index is 818. The van der Waals surface area contributed by atoms with Gasteiger partial charge in [0.05, 0.1) is 6.04 Å². The van der Waals surface area contributed by atoms with Crippen LogP contribution in [0, 0.1) is 6.92 Å². The second kappa shape index (κ2) is 7.39. The zero-order valence-corrected chi connectivity index (χ0v) is 14.6. The van der Waals surface area contributed by atoms with Crippen molar-refractivity contribution in [2.75, 3.05) is 18.0 Å². The van der Waals surface area contributed by atoms with E-state index in [9.17, 15) is 14.4 Å². The number of carbonyl (C=O) groups is 3. The third kappa shape index (κ3) is 3.74. The van der Waals surface area contributed by atoms with Crippen LogP contribution in [0.2, 0.25) is 0 Å². The second-order valence-corrected chi connectivity index (χ2v) is 6.48. The van der Waals surface area contributed by atoms with Crippen molar-refractivity contribution in [3.05, 3.63) is 65.7 Å². The van der Waals surface area contributed by atoms with Gasteiger partial charge in [-0.05, 0) is 31.0 Å². The Morgan fingerprint density at radius 2 is 1.73 bits per heavy atom. The third-order valence-corrected chi connectivity index (χ3v) is 4.57. The topological polar surface area (TPSA) is 83.7 Å². The van der Waals surface area contributed by atoms with Crippen molar-refractivity contribution < 1.29 is 14.4 Å². The van der Waals surface area contributed by atoms with E-state index in [1.807, 2.05) is 61.5 Å². The highest BCUT2D eigenvalue weighted by Gasteiger charge is 2.37. The molecule has 2 aromatic rings. The van der Waals surface area contributed by atoms with Gasteiger partial charge >= 0.3 is 11.8 Å². The second-order valence-electron chi connectivity index (χ2n) is 6.48. The van der Waals surface area contributed by atoms with E-state index < -0.39 is 11.8 Å². The lowest BCUT2D eigenvalue weighted by Gasteiger charge is -2.40. The SMILES string of the molecule is Cc1ccc(N2C[C@H](Cc3ccccc3)N(C(=O)C(N)=O)CC2=O)cc1. The summed E-state index contributed by atoms with van der Waals surface area (Å²) in [6.45, 7) is 2.14. The van der Waals surface area contributed by atoms with Crippen molar-refractivity contribution in [1.29, 1.82) is 0 Å². The van der Waals surface area contributed by atoms with Crippen LogP contribution in [0.25, 0.3) is 0 Å². The number of hydrogen-bond acceptors (Lipinski definition) is 3. The van der Waals surface area contributed by atoms with Gasteiger partial charge in [0, 0.05) is 12.2 Å². The van der Waals surface area contributed by atoms with Gasteiger partial charge in [-0.25, -0.2) is 0 Å². The minimum absolute atomic E-state index is 0.160. The molecule has 0 aliphatic carbocycles. The van der Waals surface area contributed by atoms with Crippen LogP contribution in [0.4, 0.5) is 5.69 Å². The number of amides is 3. The minimum Gasteiger partial charge on any atom is -0.361 e. The number of primary amides is 1. The van der Waals surface area contributed by atoms with Gasteiger partial charge in [0.2, 0.25) is 5.91 Å². The molecule has 1 saturated heterocycles. The van der Waals surface area contributed by atoms with Crippen LogP contribution in [0.5, 0.6) is 0 Å². The number of piperazine rings is 1. The monoisotopic (exact) mass is 351 g/mol. The number of nitrogens with two attached hydrogens (primary N) is 1. The van der Waals surface area contributed by atoms with Gasteiger partial charge in [0.15, 0.2) is 0 Å². The molecule has 2 N–H and O–H groups in total. The Balaban J connectivity index is 1.88. The Labute approximate surface area is 152 Å². The fourth-order valence-corrected chi connectivity index (χ4v) is 3.19. The van der Waals surface area contributed by atoms with E-state index in [-0.39, 0.29) is 18.5 Å². The smallest absolute Gasteiger partial charge is 0.312 e. The number of carbonyl (C=O) groups excluding carboxylic acids is 3. The van der Waals surface area contributed by atoms with E-state index in [0.717, 1.165) is 16.8 Å². The van der Waals surface area contributed by atoms with Gasteiger partial charge in [-0.15, -0.1) is 0 Å². The van der Waals surface area contributed by atoms with Crippen LogP contribution in [-0.2, 0) is 20.8 Å². The van der Waals surface area contributed by atoms with Crippen molar-refractivity contribution in [2.24, 2.45) is 5.73 Å². The van der Waals surface area contributed by atoms with Crippen LogP contribution < -0.4 is 10.6 Å². The molecule has 1 aliphatic rings. The number of nitrogens with zero attached hydrogens (tertiary/aromatic N) is 2. The van der Waals surface area contributed by atoms with E-state index in [2.05, 4.69) is 0 Å². The first-order valence-electron chi connectivity index (χ1n) is 8.47. The lowest BCUT2D eigenvalue weighted by Crippen LogP contribution is -2.60. The maximum Gasteiger partial charge on any atom is 0.312 e. The van der Waals surface area contributed by atoms with Crippen molar-refractivity contribution >= 4 is 23.4 Å². The number of rotatable bonds is 3. The minimum atomic E-state index is -1.04. The van der Waals surface area contributed by atoms with Crippen LogP contribution >= 0.6 is 0 Å². The van der Waals surface area contributed by atoms with Crippen molar-refractivity contribution in [3.8, 4) is 0 Å². The molecular weight excluding hydrogens is 330 g/mol. The Morgan fingerprint density at radius 1 is 1.08 bits per heavy atom. The summed E-state index contributed by atoms with van der Waals surface area (Å²) in [5.74, 6) is -2.09. The van der Waals surface area contributed by atoms with E-state index in [0.29, 0.717) is 13.0 Å². The van der Waals surface area contributed by atoms with E-state index in [1.165, 1.54) is 4.90 Å². The van der Waals surface area contributed by atoms with E-state index in [1.54, 1.807) is 4.90 Å². The molecule has 6 heteroatoms. The summed E-state index contributed by atoms with van der Waals surface area (Å²) in [6, 6.07) is 17.0. The molecule has 0 aromatic heterocycles. The zero-order valence-electron chi connectivity index (χ0n) is 14.6. The summed E-state index contributed by atoms with van der Waals surface area (Å²) >= 11 is 0. The van der Waals surface area contributed by atoms with Crippen LogP contribution in [-0.4, -0.2) is 41.8 Å². The quantitative estimate of drug-likeness (QED) is 0.845. The fraction of sp³-hybridized carbons (Fsp3) is 0.250. The summed E-state index contributed by atoms with van der Waals surface area (Å²) in [6.07, 6.45) is 0.537. The lowest BCUT2D eigenvalue weighted by atomic mass is 10.0. The Hall–Kier alpha value is -3.15. The molecule has 1 fully saturated rings. The molecular formula is C20H21N3O3. The van der Waals surface area contributed by atoms with Gasteiger partial charge in [0.25, 0.3) is 0 Å². The van der Waals surface area contributed by atoms with Crippen LogP contribution in [0.3, 0.4) is 0 Å². The third-order valence-electron chi connectivity index (χ3n) is 4.57. The molecule has 3 rings (SSSR count). The summed E-state index contributed by atoms with van der Waals surface area (Å²) in [5, 5.41) is 0. The average molecular weight is 351 g/mol. The summed E-state index contributed by atoms with van der Waals surface area (Å²) in [7, 11) is 0. The van der Waals surface area contributed by atoms with Gasteiger partial charge in [0.1, 0.15) is 6.54 Å². The molecule has 0 unspecified atom stereocenters. The number of hydrogen-bond donors (Lipinski definition) is 1. The first kappa shape index (κ1) is 17.7. The first-order valence-corrected chi connectivity index (χ1v) is 8.47. The highest BCUT2D eigenvalue weighted by molar-refractivity contribution is 6.34. The molecule has 1 atom stereocenters. The number of benzene rings is 2. The summed E-state index contributed by atoms with van der Waals surface area (Å²) < 4.78 is 0. The summed E-state index contributed by atoms with van der Waals surface area (Å²) in [5.41, 5.74) is 8.08. The average Bonchev–Trinajstić information content (AvgIpc) is 2.64. The maximum atomic E-state index is 12.6. The molecule has 6 nitrogen and oxygen atoms in total. The zero-order chi connectivity index (χ0) is 18.7. The van der Waals surface area contributed by atoms with E-state index in [4.69, 9.17) is 5.73 Å². The molecule has 0 spiro atoms. The molecule has 2 aromatic carbocycles. The van der Waals surface area contributed by atoms with Crippen molar-refractivity contribution in [1.82, 2.24) is 4.90 Å². The fourth-order valence-electron chi connectivity index (χ4n) is 3.19. The molecule has 0 bridgehead atoms. The van der Waals surface area contributed by atoms with Gasteiger partial charge < -0.3 is 15.5 Å². The van der Waals surface area contributed by atoms with Crippen LogP contribution in [0.15, 0.2) is 54.6 Å². The van der Waals surface area contributed by atoms with Crippen molar-refractivity contribution in [3.63, 3.8) is 0 Å². The lowest BCUT2D eigenvalue weighted by molar-refractivity contribution is -0.148. The normalized spacial score (nSPS) is 17.3. The maximum absolute atomic E-state index is 12.6. The number of anilines is 1. The highest BCUT2D eigenvalue weighted by atomic mass is 16.2. The Kier molecular flexibility index (Phi) is 5.02. The molecule has 26 heavy (non-hydrogen) atoms. The standard InChI is InChI=1S/C20H21N3O3/c1-14-7-9-16(10-8-14)22-12-17(11-15-5-3-2-4-6-15)23(13-18(22)24)20(26)19(21)25/h2-10,17H,11-13H2,1H3,(H2,21,25)/t17-/m0/s1. The summed E-state index contributed by atoms with van der Waals surface area (Å²) in [4.78, 5) is 39.2. The Morgan fingerprint density at radius 3 is 2.35 bits per heavy atom. The predicted octanol–water partition coefficient (Wildman–Crippen LogP) is 1.27. The van der Waals surface area contributed by atoms with Gasteiger partial charge in [-0.3, -0.25) is 14.4 Å². The molecule has 3 amide bonds. The number of aryl methyl sites for hydroxylation is 1.